The standard InChI is InChI=1S/C34H50/c1-3-5-8-28-13-21-33(22-14-28)34-25-17-30(18-26-34)10-7-6-9-29-15-23-32(24-16-29)31-19-11-27(4-2)12-20-31/h6,9,17-18,25-29,31-33H,3-5,8,11-16,19-24H2,1-2H3/b9-6+/t27-,28-,29?,31-,32?,33-. The second-order valence-electron chi connectivity index (χ2n) is 12.0. The van der Waals surface area contributed by atoms with E-state index in [1.807, 2.05) is 0 Å². The molecule has 0 bridgehead atoms. The molecule has 3 aliphatic rings. The predicted molar refractivity (Wildman–Crippen MR) is 148 cm³/mol. The molecule has 0 radical (unpaired) electrons. The highest BCUT2D eigenvalue weighted by molar-refractivity contribution is 5.39. The summed E-state index contributed by atoms with van der Waals surface area (Å²) in [7, 11) is 0. The van der Waals surface area contributed by atoms with Crippen molar-refractivity contribution in [3.8, 4) is 11.8 Å². The summed E-state index contributed by atoms with van der Waals surface area (Å²) in [6.45, 7) is 4.69. The first kappa shape index (κ1) is 25.6. The summed E-state index contributed by atoms with van der Waals surface area (Å²) in [5, 5.41) is 0. The highest BCUT2D eigenvalue weighted by Gasteiger charge is 2.29. The smallest absolute Gasteiger partial charge is 0.0249 e. The van der Waals surface area contributed by atoms with Crippen LogP contribution in [0.15, 0.2) is 36.4 Å². The van der Waals surface area contributed by atoms with Crippen molar-refractivity contribution in [1.29, 1.82) is 0 Å². The van der Waals surface area contributed by atoms with Gasteiger partial charge in [0.25, 0.3) is 0 Å². The molecule has 1 aromatic carbocycles. The number of hydrogen-bond acceptors (Lipinski definition) is 0. The van der Waals surface area contributed by atoms with Gasteiger partial charge in [0.15, 0.2) is 0 Å². The Hall–Kier alpha value is -1.48. The van der Waals surface area contributed by atoms with Gasteiger partial charge in [-0.05, 0) is 123 Å². The number of rotatable bonds is 7. The Morgan fingerprint density at radius 3 is 1.97 bits per heavy atom. The first-order chi connectivity index (χ1) is 16.7. The molecule has 0 amide bonds. The van der Waals surface area contributed by atoms with Gasteiger partial charge in [-0.15, -0.1) is 0 Å². The fourth-order valence-electron chi connectivity index (χ4n) is 7.30. The Morgan fingerprint density at radius 2 is 1.35 bits per heavy atom. The van der Waals surface area contributed by atoms with E-state index >= 15 is 0 Å². The number of hydrogen-bond donors (Lipinski definition) is 0. The Morgan fingerprint density at radius 1 is 0.735 bits per heavy atom. The van der Waals surface area contributed by atoms with Gasteiger partial charge in [0.2, 0.25) is 0 Å². The van der Waals surface area contributed by atoms with Gasteiger partial charge >= 0.3 is 0 Å². The molecule has 0 heterocycles. The summed E-state index contributed by atoms with van der Waals surface area (Å²) < 4.78 is 0. The Balaban J connectivity index is 1.17. The molecule has 4 rings (SSSR count). The third-order valence-electron chi connectivity index (χ3n) is 9.81. The van der Waals surface area contributed by atoms with E-state index in [0.29, 0.717) is 0 Å². The molecule has 0 nitrogen and oxygen atoms in total. The van der Waals surface area contributed by atoms with E-state index in [1.165, 1.54) is 108 Å². The van der Waals surface area contributed by atoms with Crippen molar-refractivity contribution in [2.24, 2.45) is 29.6 Å². The van der Waals surface area contributed by atoms with Crippen LogP contribution in [0.5, 0.6) is 0 Å². The fraction of sp³-hybridized carbons (Fsp3) is 0.706. The van der Waals surface area contributed by atoms with E-state index < -0.39 is 0 Å². The summed E-state index contributed by atoms with van der Waals surface area (Å²) in [5.41, 5.74) is 2.70. The first-order valence-corrected chi connectivity index (χ1v) is 15.0. The average Bonchev–Trinajstić information content (AvgIpc) is 2.91. The normalized spacial score (nSPS) is 32.3. The van der Waals surface area contributed by atoms with Gasteiger partial charge in [0, 0.05) is 5.56 Å². The molecule has 0 aliphatic heterocycles. The van der Waals surface area contributed by atoms with Crippen LogP contribution >= 0.6 is 0 Å². The molecule has 0 heteroatoms. The second-order valence-corrected chi connectivity index (χ2v) is 12.0. The maximum absolute atomic E-state index is 3.38. The van der Waals surface area contributed by atoms with Gasteiger partial charge in [-0.2, -0.15) is 0 Å². The van der Waals surface area contributed by atoms with Crippen LogP contribution in [0.25, 0.3) is 0 Å². The molecule has 0 aromatic heterocycles. The zero-order valence-electron chi connectivity index (χ0n) is 22.2. The predicted octanol–water partition coefficient (Wildman–Crippen LogP) is 10.1. The molecule has 1 aromatic rings. The van der Waals surface area contributed by atoms with Gasteiger partial charge < -0.3 is 0 Å². The molecule has 0 unspecified atom stereocenters. The highest BCUT2D eigenvalue weighted by atomic mass is 14.3. The summed E-state index contributed by atoms with van der Waals surface area (Å²) in [6.07, 6.45) is 27.4. The van der Waals surface area contributed by atoms with E-state index in [9.17, 15) is 0 Å². The van der Waals surface area contributed by atoms with E-state index in [1.54, 1.807) is 0 Å². The molecule has 0 N–H and O–H groups in total. The van der Waals surface area contributed by atoms with E-state index in [-0.39, 0.29) is 0 Å². The van der Waals surface area contributed by atoms with Gasteiger partial charge in [0.05, 0.1) is 0 Å². The lowest BCUT2D eigenvalue weighted by atomic mass is 9.69. The molecule has 3 saturated carbocycles. The zero-order valence-corrected chi connectivity index (χ0v) is 22.2. The van der Waals surface area contributed by atoms with Crippen molar-refractivity contribution in [3.05, 3.63) is 47.5 Å². The van der Waals surface area contributed by atoms with Crippen LogP contribution in [0.1, 0.15) is 134 Å². The minimum absolute atomic E-state index is 0.757. The molecule has 0 saturated heterocycles. The molecule has 186 valence electrons. The van der Waals surface area contributed by atoms with E-state index in [4.69, 9.17) is 0 Å². The molecule has 0 atom stereocenters. The second kappa shape index (κ2) is 13.6. The SMILES string of the molecule is CCCC[C@H]1CC[C@H](c2ccc(C#C/C=C/C3CCC([C@H]4CC[C@H](CC)CC4)CC3)cc2)CC1. The van der Waals surface area contributed by atoms with Crippen LogP contribution in [-0.2, 0) is 0 Å². The van der Waals surface area contributed by atoms with E-state index in [2.05, 4.69) is 62.1 Å². The summed E-state index contributed by atoms with van der Waals surface area (Å²) in [5.74, 6) is 12.3. The third-order valence-corrected chi connectivity index (χ3v) is 9.81. The van der Waals surface area contributed by atoms with Crippen molar-refractivity contribution in [1.82, 2.24) is 0 Å². The van der Waals surface area contributed by atoms with Crippen LogP contribution < -0.4 is 0 Å². The number of benzene rings is 1. The van der Waals surface area contributed by atoms with Gasteiger partial charge in [-0.25, -0.2) is 0 Å². The Kier molecular flexibility index (Phi) is 10.2. The minimum Gasteiger partial charge on any atom is -0.0730 e. The number of allylic oxidation sites excluding steroid dienone is 2. The molecular formula is C34H50. The quantitative estimate of drug-likeness (QED) is 0.356. The van der Waals surface area contributed by atoms with Gasteiger partial charge in [-0.1, -0.05) is 82.4 Å². The van der Waals surface area contributed by atoms with Crippen molar-refractivity contribution in [2.75, 3.05) is 0 Å². The lowest BCUT2D eigenvalue weighted by Gasteiger charge is -2.37. The average molecular weight is 459 g/mol. The fourth-order valence-corrected chi connectivity index (χ4v) is 7.30. The topological polar surface area (TPSA) is 0 Å². The minimum atomic E-state index is 0.757. The van der Waals surface area contributed by atoms with E-state index in [0.717, 1.165) is 41.1 Å². The van der Waals surface area contributed by atoms with Crippen LogP contribution in [0.2, 0.25) is 0 Å². The first-order valence-electron chi connectivity index (χ1n) is 15.0. The monoisotopic (exact) mass is 458 g/mol. The lowest BCUT2D eigenvalue weighted by Crippen LogP contribution is -2.25. The molecule has 3 fully saturated rings. The zero-order chi connectivity index (χ0) is 23.6. The number of unbranched alkanes of at least 4 members (excludes halogenated alkanes) is 1. The molecular weight excluding hydrogens is 408 g/mol. The summed E-state index contributed by atoms with van der Waals surface area (Å²) in [6, 6.07) is 9.19. The molecule has 34 heavy (non-hydrogen) atoms. The summed E-state index contributed by atoms with van der Waals surface area (Å²) in [4.78, 5) is 0. The van der Waals surface area contributed by atoms with Gasteiger partial charge in [-0.3, -0.25) is 0 Å². The lowest BCUT2D eigenvalue weighted by molar-refractivity contribution is 0.154. The van der Waals surface area contributed by atoms with Crippen molar-refractivity contribution in [2.45, 2.75) is 122 Å². The third kappa shape index (κ3) is 7.51. The molecule has 3 aliphatic carbocycles. The van der Waals surface area contributed by atoms with Crippen molar-refractivity contribution >= 4 is 0 Å². The molecule has 0 spiro atoms. The van der Waals surface area contributed by atoms with Crippen LogP contribution in [-0.4, -0.2) is 0 Å². The highest BCUT2D eigenvalue weighted by Crippen LogP contribution is 2.42. The van der Waals surface area contributed by atoms with Crippen molar-refractivity contribution in [3.63, 3.8) is 0 Å². The maximum Gasteiger partial charge on any atom is 0.0249 e. The van der Waals surface area contributed by atoms with Crippen LogP contribution in [0.4, 0.5) is 0 Å². The van der Waals surface area contributed by atoms with Crippen LogP contribution in [0, 0.1) is 41.4 Å². The summed E-state index contributed by atoms with van der Waals surface area (Å²) >= 11 is 0. The largest absolute Gasteiger partial charge is 0.0730 e. The Bertz CT molecular complexity index is 779. The van der Waals surface area contributed by atoms with Crippen LogP contribution in [0.3, 0.4) is 0 Å². The maximum atomic E-state index is 3.38. The van der Waals surface area contributed by atoms with Crippen molar-refractivity contribution < 1.29 is 0 Å². The Labute approximate surface area is 211 Å². The van der Waals surface area contributed by atoms with Gasteiger partial charge in [0.1, 0.15) is 0 Å².